The van der Waals surface area contributed by atoms with Crippen LogP contribution in [0.1, 0.15) is 5.76 Å². The fourth-order valence-electron chi connectivity index (χ4n) is 3.52. The molecular formula is C24H17N3O2. The van der Waals surface area contributed by atoms with E-state index in [0.29, 0.717) is 28.3 Å². The summed E-state index contributed by atoms with van der Waals surface area (Å²) < 4.78 is 5.31. The van der Waals surface area contributed by atoms with Gasteiger partial charge < -0.3 is 9.73 Å². The highest BCUT2D eigenvalue weighted by Crippen LogP contribution is 2.29. The van der Waals surface area contributed by atoms with Gasteiger partial charge in [-0.15, -0.1) is 0 Å². The molecular weight excluding hydrogens is 362 g/mol. The normalized spacial score (nSPS) is 11.1. The van der Waals surface area contributed by atoms with E-state index < -0.39 is 5.63 Å². The predicted octanol–water partition coefficient (Wildman–Crippen LogP) is 5.46. The van der Waals surface area contributed by atoms with Crippen LogP contribution in [0.3, 0.4) is 0 Å². The number of aromatic nitrogens is 2. The van der Waals surface area contributed by atoms with Crippen LogP contribution >= 0.6 is 0 Å². The highest BCUT2D eigenvalue weighted by Gasteiger charge is 2.15. The molecule has 0 aliphatic carbocycles. The molecule has 29 heavy (non-hydrogen) atoms. The second-order valence-electron chi connectivity index (χ2n) is 6.82. The number of aryl methyl sites for hydroxylation is 1. The Hall–Kier alpha value is -3.99. The van der Waals surface area contributed by atoms with E-state index in [1.54, 1.807) is 13.0 Å². The van der Waals surface area contributed by atoms with Gasteiger partial charge >= 0.3 is 5.63 Å². The molecule has 140 valence electrons. The molecule has 0 saturated carbocycles. The summed E-state index contributed by atoms with van der Waals surface area (Å²) >= 11 is 0. The summed E-state index contributed by atoms with van der Waals surface area (Å²) in [5, 5.41) is 5.91. The van der Waals surface area contributed by atoms with Crippen LogP contribution in [0.2, 0.25) is 0 Å². The third-order valence-electron chi connectivity index (χ3n) is 4.82. The number of anilines is 2. The molecule has 0 bridgehead atoms. The second kappa shape index (κ2) is 6.87. The molecule has 0 saturated heterocycles. The molecule has 0 radical (unpaired) electrons. The van der Waals surface area contributed by atoms with Gasteiger partial charge in [0.1, 0.15) is 11.1 Å². The highest BCUT2D eigenvalue weighted by molar-refractivity contribution is 5.96. The third kappa shape index (κ3) is 3.12. The quantitative estimate of drug-likeness (QED) is 0.451. The van der Waals surface area contributed by atoms with Crippen molar-refractivity contribution in [2.45, 2.75) is 6.92 Å². The van der Waals surface area contributed by atoms with Crippen LogP contribution < -0.4 is 10.9 Å². The minimum Gasteiger partial charge on any atom is -0.428 e. The third-order valence-corrected chi connectivity index (χ3v) is 4.82. The first kappa shape index (κ1) is 17.1. The number of nitrogens with zero attached hydrogens (tertiary/aromatic N) is 2. The van der Waals surface area contributed by atoms with Gasteiger partial charge in [-0.2, -0.15) is 0 Å². The lowest BCUT2D eigenvalue weighted by Crippen LogP contribution is -2.08. The molecule has 0 aliphatic rings. The van der Waals surface area contributed by atoms with E-state index in [-0.39, 0.29) is 0 Å². The second-order valence-corrected chi connectivity index (χ2v) is 6.82. The first-order valence-corrected chi connectivity index (χ1v) is 9.32. The molecule has 2 heterocycles. The Labute approximate surface area is 166 Å². The molecule has 0 aliphatic heterocycles. The van der Waals surface area contributed by atoms with Crippen LogP contribution in [0.15, 0.2) is 88.1 Å². The zero-order valence-electron chi connectivity index (χ0n) is 15.7. The van der Waals surface area contributed by atoms with E-state index >= 15 is 0 Å². The van der Waals surface area contributed by atoms with Gasteiger partial charge in [-0.1, -0.05) is 66.7 Å². The van der Waals surface area contributed by atoms with Crippen molar-refractivity contribution in [3.05, 3.63) is 95.0 Å². The van der Waals surface area contributed by atoms with Gasteiger partial charge in [0.2, 0.25) is 5.95 Å². The van der Waals surface area contributed by atoms with Crippen LogP contribution in [0.5, 0.6) is 0 Å². The van der Waals surface area contributed by atoms with Crippen molar-refractivity contribution in [1.29, 1.82) is 0 Å². The number of fused-ring (bicyclic) bond motifs is 2. The van der Waals surface area contributed by atoms with Crippen molar-refractivity contribution in [3.8, 4) is 11.3 Å². The summed E-state index contributed by atoms with van der Waals surface area (Å²) in [6.45, 7) is 1.74. The minimum atomic E-state index is -0.435. The van der Waals surface area contributed by atoms with Gasteiger partial charge in [-0.3, -0.25) is 0 Å². The lowest BCUT2D eigenvalue weighted by Gasteiger charge is -2.12. The molecule has 5 heteroatoms. The first-order chi connectivity index (χ1) is 14.2. The summed E-state index contributed by atoms with van der Waals surface area (Å²) in [4.78, 5) is 21.9. The summed E-state index contributed by atoms with van der Waals surface area (Å²) in [5.41, 5.74) is 2.40. The average Bonchev–Trinajstić information content (AvgIpc) is 2.74. The Morgan fingerprint density at radius 2 is 1.62 bits per heavy atom. The molecule has 3 aromatic carbocycles. The van der Waals surface area contributed by atoms with E-state index in [0.717, 1.165) is 22.0 Å². The van der Waals surface area contributed by atoms with Crippen LogP contribution in [0.25, 0.3) is 32.9 Å². The van der Waals surface area contributed by atoms with Gasteiger partial charge in [0.05, 0.1) is 11.2 Å². The van der Waals surface area contributed by atoms with Gasteiger partial charge in [-0.05, 0) is 18.4 Å². The largest absolute Gasteiger partial charge is 0.428 e. The summed E-state index contributed by atoms with van der Waals surface area (Å²) in [6, 6.07) is 25.5. The first-order valence-electron chi connectivity index (χ1n) is 9.32. The number of hydrogen-bond acceptors (Lipinski definition) is 5. The van der Waals surface area contributed by atoms with Crippen molar-refractivity contribution in [2.75, 3.05) is 5.32 Å². The summed E-state index contributed by atoms with van der Waals surface area (Å²) in [6.07, 6.45) is 0. The molecule has 2 aromatic heterocycles. The Morgan fingerprint density at radius 1 is 0.862 bits per heavy atom. The van der Waals surface area contributed by atoms with Crippen molar-refractivity contribution >= 4 is 33.3 Å². The van der Waals surface area contributed by atoms with E-state index in [9.17, 15) is 4.79 Å². The smallest absolute Gasteiger partial charge is 0.347 e. The summed E-state index contributed by atoms with van der Waals surface area (Å²) in [5.74, 6) is 0.939. The molecule has 1 N–H and O–H groups in total. The highest BCUT2D eigenvalue weighted by atomic mass is 16.4. The van der Waals surface area contributed by atoms with Gasteiger partial charge in [0.15, 0.2) is 0 Å². The monoisotopic (exact) mass is 379 g/mol. The lowest BCUT2D eigenvalue weighted by molar-refractivity contribution is 0.488. The minimum absolute atomic E-state index is 0.380. The Balaban J connectivity index is 1.73. The fourth-order valence-corrected chi connectivity index (χ4v) is 3.52. The van der Waals surface area contributed by atoms with Crippen molar-refractivity contribution in [3.63, 3.8) is 0 Å². The fraction of sp³-hybridized carbons (Fsp3) is 0.0417. The van der Waals surface area contributed by atoms with E-state index in [1.165, 1.54) is 0 Å². The molecule has 5 aromatic rings. The maximum absolute atomic E-state index is 12.6. The standard InChI is InChI=1S/C24H17N3O2/c1-15-14-20-21(23(28)29-15)22(17-9-3-2-4-10-17)27-24(26-20)25-19-13-7-11-16-8-5-6-12-18(16)19/h2-14H,1H3,(H,25,26,27). The number of nitrogens with one attached hydrogen (secondary N) is 1. The molecule has 0 atom stereocenters. The molecule has 0 spiro atoms. The van der Waals surface area contributed by atoms with Crippen molar-refractivity contribution in [1.82, 2.24) is 9.97 Å². The molecule has 5 nitrogen and oxygen atoms in total. The van der Waals surface area contributed by atoms with E-state index in [4.69, 9.17) is 4.42 Å². The van der Waals surface area contributed by atoms with Crippen LogP contribution in [0.4, 0.5) is 11.6 Å². The average molecular weight is 379 g/mol. The van der Waals surface area contributed by atoms with Gasteiger partial charge in [-0.25, -0.2) is 14.8 Å². The van der Waals surface area contributed by atoms with Crippen LogP contribution in [-0.4, -0.2) is 9.97 Å². The van der Waals surface area contributed by atoms with Crippen LogP contribution in [0, 0.1) is 6.92 Å². The molecule has 0 fully saturated rings. The zero-order chi connectivity index (χ0) is 19.8. The van der Waals surface area contributed by atoms with Gasteiger partial charge in [0.25, 0.3) is 0 Å². The Bertz CT molecular complexity index is 1400. The number of rotatable bonds is 3. The maximum Gasteiger partial charge on any atom is 0.347 e. The van der Waals surface area contributed by atoms with Crippen molar-refractivity contribution in [2.24, 2.45) is 0 Å². The van der Waals surface area contributed by atoms with Gasteiger partial charge in [0, 0.05) is 22.7 Å². The molecule has 5 rings (SSSR count). The summed E-state index contributed by atoms with van der Waals surface area (Å²) in [7, 11) is 0. The molecule has 0 unspecified atom stereocenters. The SMILES string of the molecule is Cc1cc2nc(Nc3cccc4ccccc34)nc(-c3ccccc3)c2c(=O)o1. The van der Waals surface area contributed by atoms with Crippen LogP contribution in [-0.2, 0) is 0 Å². The van der Waals surface area contributed by atoms with E-state index in [2.05, 4.69) is 33.5 Å². The Morgan fingerprint density at radius 3 is 2.48 bits per heavy atom. The maximum atomic E-state index is 12.6. The van der Waals surface area contributed by atoms with Crippen molar-refractivity contribution < 1.29 is 4.42 Å². The zero-order valence-corrected chi connectivity index (χ0v) is 15.7. The number of hydrogen-bond donors (Lipinski definition) is 1. The molecule has 0 amide bonds. The lowest BCUT2D eigenvalue weighted by atomic mass is 10.1. The van der Waals surface area contributed by atoms with E-state index in [1.807, 2.05) is 54.6 Å². The topological polar surface area (TPSA) is 68.0 Å². The Kier molecular flexibility index (Phi) is 4.06. The number of benzene rings is 3. The predicted molar refractivity (Wildman–Crippen MR) is 115 cm³/mol.